The van der Waals surface area contributed by atoms with E-state index in [0.29, 0.717) is 6.54 Å². The zero-order valence-electron chi connectivity index (χ0n) is 11.3. The number of carbonyl (C=O) groups excluding carboxylic acids is 1. The summed E-state index contributed by atoms with van der Waals surface area (Å²) in [6.07, 6.45) is 2.04. The first-order valence-corrected chi connectivity index (χ1v) is 7.38. The molecule has 1 aliphatic rings. The van der Waals surface area contributed by atoms with E-state index >= 15 is 0 Å². The van der Waals surface area contributed by atoms with Crippen molar-refractivity contribution >= 4 is 39.9 Å². The van der Waals surface area contributed by atoms with Gasteiger partial charge in [-0.05, 0) is 31.5 Å². The minimum Gasteiger partial charge on any atom is -0.338 e. The van der Waals surface area contributed by atoms with E-state index in [1.807, 2.05) is 25.2 Å². The van der Waals surface area contributed by atoms with Crippen molar-refractivity contribution in [1.82, 2.24) is 15.2 Å². The summed E-state index contributed by atoms with van der Waals surface area (Å²) in [6, 6.07) is 8.08. The fraction of sp³-hybridized carbons (Fsp3) is 0.429. The second-order valence-corrected chi connectivity index (χ2v) is 6.03. The Hall–Kier alpha value is -1.17. The van der Waals surface area contributed by atoms with E-state index in [0.717, 1.165) is 29.9 Å². The number of nitrogens with zero attached hydrogens (tertiary/aromatic N) is 2. The summed E-state index contributed by atoms with van der Waals surface area (Å²) >= 11 is 1.66. The van der Waals surface area contributed by atoms with Gasteiger partial charge in [-0.3, -0.25) is 4.79 Å². The topological polar surface area (TPSA) is 45.2 Å². The monoisotopic (exact) mass is 311 g/mol. The first-order valence-electron chi connectivity index (χ1n) is 6.57. The molecule has 4 nitrogen and oxygen atoms in total. The van der Waals surface area contributed by atoms with Crippen LogP contribution in [-0.2, 0) is 11.3 Å². The molecule has 2 heterocycles. The third kappa shape index (κ3) is 3.11. The molecule has 6 heteroatoms. The van der Waals surface area contributed by atoms with E-state index in [-0.39, 0.29) is 24.4 Å². The SMILES string of the molecule is CN(Cc1nc2ccccc2s1)C(=O)C1CCCN1.Cl. The minimum atomic E-state index is -0.000576. The highest BCUT2D eigenvalue weighted by Gasteiger charge is 2.25. The zero-order valence-corrected chi connectivity index (χ0v) is 13.0. The predicted molar refractivity (Wildman–Crippen MR) is 84.4 cm³/mol. The van der Waals surface area contributed by atoms with Crippen LogP contribution in [0.15, 0.2) is 24.3 Å². The molecular weight excluding hydrogens is 294 g/mol. The number of carbonyl (C=O) groups is 1. The molecule has 2 aromatic rings. The molecule has 1 fully saturated rings. The Morgan fingerprint density at radius 3 is 3.00 bits per heavy atom. The van der Waals surface area contributed by atoms with Crippen LogP contribution in [0.25, 0.3) is 10.2 Å². The lowest BCUT2D eigenvalue weighted by atomic mass is 10.2. The summed E-state index contributed by atoms with van der Waals surface area (Å²) in [4.78, 5) is 18.5. The number of hydrogen-bond donors (Lipinski definition) is 1. The molecule has 0 bridgehead atoms. The number of fused-ring (bicyclic) bond motifs is 1. The lowest BCUT2D eigenvalue weighted by molar-refractivity contribution is -0.132. The quantitative estimate of drug-likeness (QED) is 0.947. The van der Waals surface area contributed by atoms with Gasteiger partial charge in [-0.1, -0.05) is 12.1 Å². The van der Waals surface area contributed by atoms with Crippen molar-refractivity contribution < 1.29 is 4.79 Å². The average molecular weight is 312 g/mol. The predicted octanol–water partition coefficient (Wildman–Crippen LogP) is 2.43. The summed E-state index contributed by atoms with van der Waals surface area (Å²) in [5.74, 6) is 0.178. The van der Waals surface area contributed by atoms with Crippen molar-refractivity contribution in [3.63, 3.8) is 0 Å². The van der Waals surface area contributed by atoms with Crippen LogP contribution in [0.5, 0.6) is 0 Å². The molecule has 1 atom stereocenters. The normalized spacial score (nSPS) is 17.9. The lowest BCUT2D eigenvalue weighted by Crippen LogP contribution is -2.41. The van der Waals surface area contributed by atoms with Crippen LogP contribution >= 0.6 is 23.7 Å². The highest BCUT2D eigenvalue weighted by Crippen LogP contribution is 2.22. The molecule has 1 unspecified atom stereocenters. The summed E-state index contributed by atoms with van der Waals surface area (Å²) in [5.41, 5.74) is 1.02. The molecular formula is C14H18ClN3OS. The molecule has 1 N–H and O–H groups in total. The van der Waals surface area contributed by atoms with Gasteiger partial charge in [-0.25, -0.2) is 4.98 Å². The smallest absolute Gasteiger partial charge is 0.239 e. The van der Waals surface area contributed by atoms with Crippen LogP contribution < -0.4 is 5.32 Å². The molecule has 1 amide bonds. The number of nitrogens with one attached hydrogen (secondary N) is 1. The molecule has 20 heavy (non-hydrogen) atoms. The molecule has 0 spiro atoms. The summed E-state index contributed by atoms with van der Waals surface area (Å²) < 4.78 is 1.18. The summed E-state index contributed by atoms with van der Waals surface area (Å²) in [5, 5.41) is 4.24. The Kier molecular flexibility index (Phi) is 4.96. The number of likely N-dealkylation sites (N-methyl/N-ethyl adjacent to an activating group) is 1. The molecule has 0 saturated carbocycles. The van der Waals surface area contributed by atoms with Gasteiger partial charge in [-0.15, -0.1) is 23.7 Å². The third-order valence-corrected chi connectivity index (χ3v) is 4.47. The van der Waals surface area contributed by atoms with E-state index in [4.69, 9.17) is 0 Å². The van der Waals surface area contributed by atoms with Gasteiger partial charge in [0.15, 0.2) is 0 Å². The van der Waals surface area contributed by atoms with Gasteiger partial charge in [0.1, 0.15) is 5.01 Å². The van der Waals surface area contributed by atoms with Crippen LogP contribution in [0, 0.1) is 0 Å². The van der Waals surface area contributed by atoms with E-state index in [1.54, 1.807) is 16.2 Å². The van der Waals surface area contributed by atoms with Crippen LogP contribution in [0.3, 0.4) is 0 Å². The largest absolute Gasteiger partial charge is 0.338 e. The third-order valence-electron chi connectivity index (χ3n) is 3.45. The second-order valence-electron chi connectivity index (χ2n) is 4.92. The highest BCUT2D eigenvalue weighted by atomic mass is 35.5. The maximum atomic E-state index is 12.2. The maximum absolute atomic E-state index is 12.2. The number of amides is 1. The number of benzene rings is 1. The van der Waals surface area contributed by atoms with Gasteiger partial charge in [0.2, 0.25) is 5.91 Å². The Balaban J connectivity index is 0.00000147. The summed E-state index contributed by atoms with van der Waals surface area (Å²) in [7, 11) is 1.86. The number of thiazole rings is 1. The number of aromatic nitrogens is 1. The molecule has 108 valence electrons. The standard InChI is InChI=1S/C14H17N3OS.ClH/c1-17(14(18)11-6-4-8-15-11)9-13-16-10-5-2-3-7-12(10)19-13;/h2-3,5,7,11,15H,4,6,8-9H2,1H3;1H. The van der Waals surface area contributed by atoms with Crippen molar-refractivity contribution in [2.45, 2.75) is 25.4 Å². The molecule has 3 rings (SSSR count). The van der Waals surface area contributed by atoms with Crippen molar-refractivity contribution in [3.05, 3.63) is 29.3 Å². The Morgan fingerprint density at radius 1 is 1.50 bits per heavy atom. The molecule has 0 aliphatic carbocycles. The van der Waals surface area contributed by atoms with E-state index in [2.05, 4.69) is 16.4 Å². The number of rotatable bonds is 3. The fourth-order valence-corrected chi connectivity index (χ4v) is 3.45. The minimum absolute atomic E-state index is 0. The average Bonchev–Trinajstić information content (AvgIpc) is 3.06. The number of para-hydroxylation sites is 1. The lowest BCUT2D eigenvalue weighted by Gasteiger charge is -2.19. The Labute approximate surface area is 128 Å². The van der Waals surface area contributed by atoms with Gasteiger partial charge in [0.25, 0.3) is 0 Å². The molecule has 1 aliphatic heterocycles. The van der Waals surface area contributed by atoms with Crippen molar-refractivity contribution in [2.24, 2.45) is 0 Å². The molecule has 1 saturated heterocycles. The number of hydrogen-bond acceptors (Lipinski definition) is 4. The van der Waals surface area contributed by atoms with Crippen LogP contribution in [0.4, 0.5) is 0 Å². The van der Waals surface area contributed by atoms with E-state index in [1.165, 1.54) is 4.70 Å². The molecule has 0 radical (unpaired) electrons. The first kappa shape index (κ1) is 15.2. The van der Waals surface area contributed by atoms with Crippen LogP contribution in [0.2, 0.25) is 0 Å². The van der Waals surface area contributed by atoms with Crippen molar-refractivity contribution in [2.75, 3.05) is 13.6 Å². The highest BCUT2D eigenvalue weighted by molar-refractivity contribution is 7.18. The van der Waals surface area contributed by atoms with Gasteiger partial charge in [0.05, 0.1) is 22.8 Å². The first-order chi connectivity index (χ1) is 9.24. The molecule has 1 aromatic carbocycles. The number of halogens is 1. The molecule has 1 aromatic heterocycles. The van der Waals surface area contributed by atoms with Gasteiger partial charge >= 0.3 is 0 Å². The van der Waals surface area contributed by atoms with Gasteiger partial charge in [0, 0.05) is 7.05 Å². The maximum Gasteiger partial charge on any atom is 0.239 e. The van der Waals surface area contributed by atoms with Crippen molar-refractivity contribution in [1.29, 1.82) is 0 Å². The van der Waals surface area contributed by atoms with Crippen molar-refractivity contribution in [3.8, 4) is 0 Å². The Bertz CT molecular complexity index is 562. The fourth-order valence-electron chi connectivity index (χ4n) is 2.43. The van der Waals surface area contributed by atoms with Gasteiger partial charge < -0.3 is 10.2 Å². The van der Waals surface area contributed by atoms with E-state index in [9.17, 15) is 4.79 Å². The summed E-state index contributed by atoms with van der Waals surface area (Å²) in [6.45, 7) is 1.54. The van der Waals surface area contributed by atoms with Crippen LogP contribution in [0.1, 0.15) is 17.8 Å². The zero-order chi connectivity index (χ0) is 13.2. The van der Waals surface area contributed by atoms with Gasteiger partial charge in [-0.2, -0.15) is 0 Å². The second kappa shape index (κ2) is 6.52. The van der Waals surface area contributed by atoms with E-state index < -0.39 is 0 Å². The van der Waals surface area contributed by atoms with Crippen LogP contribution in [-0.4, -0.2) is 35.4 Å². The Morgan fingerprint density at radius 2 is 2.30 bits per heavy atom.